The highest BCUT2D eigenvalue weighted by Crippen LogP contribution is 2.10. The fourth-order valence-electron chi connectivity index (χ4n) is 2.76. The van der Waals surface area contributed by atoms with Gasteiger partial charge in [-0.2, -0.15) is 0 Å². The molecule has 25 heavy (non-hydrogen) atoms. The van der Waals surface area contributed by atoms with Crippen LogP contribution in [0.2, 0.25) is 0 Å². The van der Waals surface area contributed by atoms with Crippen molar-refractivity contribution in [2.75, 3.05) is 6.61 Å². The summed E-state index contributed by atoms with van der Waals surface area (Å²) in [6.07, 6.45) is 21.7. The standard InChI is InChI=1S/C22H42O3/c1-3-4-5-6-7-8-9-10-11-12-13-14-15-16-17-18-22(24)25-20-19-21(2)23/h10-11,21,23H,3-9,12-20H2,1-2H3/b11-10-. The summed E-state index contributed by atoms with van der Waals surface area (Å²) in [7, 11) is 0. The van der Waals surface area contributed by atoms with E-state index in [0.717, 1.165) is 12.8 Å². The van der Waals surface area contributed by atoms with E-state index in [1.54, 1.807) is 6.92 Å². The van der Waals surface area contributed by atoms with Gasteiger partial charge in [0.2, 0.25) is 0 Å². The molecule has 0 heterocycles. The van der Waals surface area contributed by atoms with E-state index in [1.807, 2.05) is 0 Å². The Labute approximate surface area is 156 Å². The van der Waals surface area contributed by atoms with Crippen LogP contribution in [0.5, 0.6) is 0 Å². The van der Waals surface area contributed by atoms with Gasteiger partial charge in [0.05, 0.1) is 12.7 Å². The van der Waals surface area contributed by atoms with Crippen molar-refractivity contribution in [3.63, 3.8) is 0 Å². The van der Waals surface area contributed by atoms with Gasteiger partial charge >= 0.3 is 5.97 Å². The molecule has 0 fully saturated rings. The largest absolute Gasteiger partial charge is 0.466 e. The smallest absolute Gasteiger partial charge is 0.305 e. The highest BCUT2D eigenvalue weighted by Gasteiger charge is 2.03. The van der Waals surface area contributed by atoms with E-state index in [2.05, 4.69) is 19.1 Å². The zero-order valence-electron chi connectivity index (χ0n) is 16.8. The molecule has 0 amide bonds. The number of ether oxygens (including phenoxy) is 1. The molecule has 0 aliphatic rings. The Morgan fingerprint density at radius 1 is 0.880 bits per heavy atom. The molecule has 0 saturated heterocycles. The van der Waals surface area contributed by atoms with E-state index < -0.39 is 6.10 Å². The minimum Gasteiger partial charge on any atom is -0.466 e. The predicted molar refractivity (Wildman–Crippen MR) is 107 cm³/mol. The van der Waals surface area contributed by atoms with Crippen LogP contribution in [0.25, 0.3) is 0 Å². The average molecular weight is 355 g/mol. The quantitative estimate of drug-likeness (QED) is 0.177. The molecule has 0 spiro atoms. The number of unbranched alkanes of at least 4 members (excludes halogenated alkanes) is 11. The first-order valence-electron chi connectivity index (χ1n) is 10.7. The summed E-state index contributed by atoms with van der Waals surface area (Å²) in [5, 5.41) is 9.09. The van der Waals surface area contributed by atoms with Crippen LogP contribution in [0.3, 0.4) is 0 Å². The van der Waals surface area contributed by atoms with Gasteiger partial charge in [0, 0.05) is 12.8 Å². The second kappa shape index (κ2) is 19.5. The lowest BCUT2D eigenvalue weighted by Crippen LogP contribution is -2.10. The van der Waals surface area contributed by atoms with Crippen molar-refractivity contribution in [3.8, 4) is 0 Å². The molecule has 0 rings (SSSR count). The van der Waals surface area contributed by atoms with Gasteiger partial charge < -0.3 is 9.84 Å². The Bertz CT molecular complexity index is 310. The van der Waals surface area contributed by atoms with E-state index in [4.69, 9.17) is 9.84 Å². The number of esters is 1. The summed E-state index contributed by atoms with van der Waals surface area (Å²) in [4.78, 5) is 11.4. The van der Waals surface area contributed by atoms with Crippen molar-refractivity contribution in [2.45, 2.75) is 116 Å². The SMILES string of the molecule is CCCCCCCC/C=C\CCCCCCCC(=O)OCCC(C)O. The van der Waals surface area contributed by atoms with E-state index >= 15 is 0 Å². The normalized spacial score (nSPS) is 12.6. The Kier molecular flexibility index (Phi) is 18.8. The number of hydrogen-bond donors (Lipinski definition) is 1. The molecule has 1 unspecified atom stereocenters. The van der Waals surface area contributed by atoms with Crippen LogP contribution in [-0.4, -0.2) is 23.8 Å². The molecule has 0 saturated carbocycles. The molecule has 0 aromatic heterocycles. The van der Waals surface area contributed by atoms with Gasteiger partial charge in [-0.3, -0.25) is 4.79 Å². The van der Waals surface area contributed by atoms with Crippen LogP contribution in [0.4, 0.5) is 0 Å². The van der Waals surface area contributed by atoms with Crippen molar-refractivity contribution >= 4 is 5.97 Å². The highest BCUT2D eigenvalue weighted by molar-refractivity contribution is 5.69. The van der Waals surface area contributed by atoms with Gasteiger partial charge in [0.15, 0.2) is 0 Å². The minimum absolute atomic E-state index is 0.127. The number of carbonyl (C=O) groups is 1. The summed E-state index contributed by atoms with van der Waals surface area (Å²) >= 11 is 0. The molecule has 0 aromatic carbocycles. The van der Waals surface area contributed by atoms with Crippen molar-refractivity contribution in [3.05, 3.63) is 12.2 Å². The van der Waals surface area contributed by atoms with Crippen molar-refractivity contribution < 1.29 is 14.6 Å². The number of rotatable bonds is 18. The second-order valence-electron chi connectivity index (χ2n) is 7.19. The lowest BCUT2D eigenvalue weighted by atomic mass is 10.1. The number of aliphatic hydroxyl groups is 1. The van der Waals surface area contributed by atoms with Crippen LogP contribution in [0.15, 0.2) is 12.2 Å². The molecule has 0 radical (unpaired) electrons. The van der Waals surface area contributed by atoms with E-state index in [9.17, 15) is 4.79 Å². The third-order valence-electron chi connectivity index (χ3n) is 4.44. The summed E-state index contributed by atoms with van der Waals surface area (Å²) in [6, 6.07) is 0. The topological polar surface area (TPSA) is 46.5 Å². The fourth-order valence-corrected chi connectivity index (χ4v) is 2.76. The van der Waals surface area contributed by atoms with Crippen LogP contribution >= 0.6 is 0 Å². The lowest BCUT2D eigenvalue weighted by molar-refractivity contribution is -0.144. The van der Waals surface area contributed by atoms with E-state index in [1.165, 1.54) is 70.6 Å². The molecule has 0 aliphatic carbocycles. The molecule has 1 atom stereocenters. The number of aliphatic hydroxyl groups excluding tert-OH is 1. The van der Waals surface area contributed by atoms with Crippen molar-refractivity contribution in [1.29, 1.82) is 0 Å². The predicted octanol–water partition coefficient (Wildman–Crippen LogP) is 6.34. The Hall–Kier alpha value is -0.830. The van der Waals surface area contributed by atoms with Gasteiger partial charge in [0.25, 0.3) is 0 Å². The zero-order chi connectivity index (χ0) is 18.6. The molecular weight excluding hydrogens is 312 g/mol. The average Bonchev–Trinajstić information content (AvgIpc) is 2.58. The van der Waals surface area contributed by atoms with Crippen LogP contribution in [-0.2, 0) is 9.53 Å². The van der Waals surface area contributed by atoms with Gasteiger partial charge in [-0.15, -0.1) is 0 Å². The fraction of sp³-hybridized carbons (Fsp3) is 0.864. The summed E-state index contributed by atoms with van der Waals surface area (Å²) in [5.41, 5.74) is 0. The van der Waals surface area contributed by atoms with Gasteiger partial charge in [-0.25, -0.2) is 0 Å². The van der Waals surface area contributed by atoms with Gasteiger partial charge in [0.1, 0.15) is 0 Å². The van der Waals surface area contributed by atoms with Crippen LogP contribution < -0.4 is 0 Å². The van der Waals surface area contributed by atoms with E-state index in [-0.39, 0.29) is 5.97 Å². The molecular formula is C22H42O3. The maximum atomic E-state index is 11.4. The number of hydrogen-bond acceptors (Lipinski definition) is 3. The first kappa shape index (κ1) is 24.2. The summed E-state index contributed by atoms with van der Waals surface area (Å²) in [5.74, 6) is -0.127. The van der Waals surface area contributed by atoms with Crippen LogP contribution in [0.1, 0.15) is 110 Å². The minimum atomic E-state index is -0.396. The molecule has 1 N–H and O–H groups in total. The molecule has 0 aromatic rings. The van der Waals surface area contributed by atoms with Crippen molar-refractivity contribution in [2.24, 2.45) is 0 Å². The zero-order valence-corrected chi connectivity index (χ0v) is 16.8. The second-order valence-corrected chi connectivity index (χ2v) is 7.19. The lowest BCUT2D eigenvalue weighted by Gasteiger charge is -2.06. The number of carbonyl (C=O) groups excluding carboxylic acids is 1. The van der Waals surface area contributed by atoms with Gasteiger partial charge in [-0.05, 0) is 39.0 Å². The van der Waals surface area contributed by atoms with Crippen LogP contribution in [0, 0.1) is 0 Å². The van der Waals surface area contributed by atoms with E-state index in [0.29, 0.717) is 19.4 Å². The maximum absolute atomic E-state index is 11.4. The monoisotopic (exact) mass is 354 g/mol. The van der Waals surface area contributed by atoms with Crippen molar-refractivity contribution in [1.82, 2.24) is 0 Å². The molecule has 3 heteroatoms. The third kappa shape index (κ3) is 21.1. The molecule has 3 nitrogen and oxygen atoms in total. The summed E-state index contributed by atoms with van der Waals surface area (Å²) < 4.78 is 5.06. The molecule has 0 aliphatic heterocycles. The molecule has 0 bridgehead atoms. The molecule has 148 valence electrons. The van der Waals surface area contributed by atoms with Gasteiger partial charge in [-0.1, -0.05) is 70.4 Å². The third-order valence-corrected chi connectivity index (χ3v) is 4.44. The summed E-state index contributed by atoms with van der Waals surface area (Å²) in [6.45, 7) is 4.30. The first-order valence-corrected chi connectivity index (χ1v) is 10.7. The Morgan fingerprint density at radius 2 is 1.40 bits per heavy atom. The Balaban J connectivity index is 3.20. The number of allylic oxidation sites excluding steroid dienone is 2. The highest BCUT2D eigenvalue weighted by atomic mass is 16.5. The Morgan fingerprint density at radius 3 is 1.96 bits per heavy atom. The first-order chi connectivity index (χ1) is 12.2. The maximum Gasteiger partial charge on any atom is 0.305 e.